The molecule has 3 N–H and O–H groups in total. The number of fused-ring (bicyclic) bond motifs is 1. The van der Waals surface area contributed by atoms with Crippen LogP contribution in [0.5, 0.6) is 0 Å². The van der Waals surface area contributed by atoms with Crippen molar-refractivity contribution in [3.8, 4) is 11.3 Å². The van der Waals surface area contributed by atoms with Gasteiger partial charge in [0, 0.05) is 71.1 Å². The monoisotopic (exact) mass is 496 g/mol. The van der Waals surface area contributed by atoms with E-state index in [-0.39, 0.29) is 24.2 Å². The van der Waals surface area contributed by atoms with Crippen LogP contribution in [-0.2, 0) is 19.3 Å². The molecule has 0 bridgehead atoms. The van der Waals surface area contributed by atoms with Gasteiger partial charge in [-0.1, -0.05) is 18.2 Å². The molecule has 8 nitrogen and oxygen atoms in total. The second kappa shape index (κ2) is 10.0. The number of aliphatic hydroxyl groups is 1. The van der Waals surface area contributed by atoms with Gasteiger partial charge in [-0.3, -0.25) is 4.79 Å². The van der Waals surface area contributed by atoms with Crippen LogP contribution in [0.3, 0.4) is 0 Å². The van der Waals surface area contributed by atoms with Crippen molar-refractivity contribution in [2.75, 3.05) is 50.0 Å². The third-order valence-electron chi connectivity index (χ3n) is 6.86. The minimum absolute atomic E-state index is 0.0326. The minimum atomic E-state index is -3.08. The van der Waals surface area contributed by atoms with Crippen LogP contribution in [0, 0.1) is 4.78 Å². The zero-order valence-corrected chi connectivity index (χ0v) is 20.6. The lowest BCUT2D eigenvalue weighted by molar-refractivity contribution is -0.135. The highest BCUT2D eigenvalue weighted by Gasteiger charge is 2.25. The van der Waals surface area contributed by atoms with Crippen molar-refractivity contribution in [1.82, 2.24) is 9.88 Å². The summed E-state index contributed by atoms with van der Waals surface area (Å²) in [6.07, 6.45) is 1.03. The Balaban J connectivity index is 1.39. The molecule has 3 heterocycles. The smallest absolute Gasteiger partial charge is 0.222 e. The summed E-state index contributed by atoms with van der Waals surface area (Å²) >= 11 is 0. The second-order valence-corrected chi connectivity index (χ2v) is 11.5. The maximum absolute atomic E-state index is 13.4. The Morgan fingerprint density at radius 2 is 1.94 bits per heavy atom. The zero-order valence-electron chi connectivity index (χ0n) is 19.7. The first-order valence-corrected chi connectivity index (χ1v) is 13.9. The summed E-state index contributed by atoms with van der Waals surface area (Å²) in [7, 11) is -3.08. The van der Waals surface area contributed by atoms with Crippen molar-refractivity contribution in [1.29, 1.82) is 4.78 Å². The number of nitrogens with one attached hydrogen (secondary N) is 2. The van der Waals surface area contributed by atoms with Crippen LogP contribution in [0.1, 0.15) is 19.3 Å². The molecular weight excluding hydrogens is 464 g/mol. The fourth-order valence-electron chi connectivity index (χ4n) is 4.91. The first kappa shape index (κ1) is 23.8. The lowest BCUT2D eigenvalue weighted by Gasteiger charge is -2.26. The molecular formula is C26H32N4O4S. The summed E-state index contributed by atoms with van der Waals surface area (Å²) in [6.45, 7) is 3.58. The number of carbonyl (C=O) groups is 1. The molecule has 0 saturated carbocycles. The predicted octanol–water partition coefficient (Wildman–Crippen LogP) is 3.45. The minimum Gasteiger partial charge on any atom is -0.391 e. The number of ether oxygens (including phenoxy) is 1. The Hall–Kier alpha value is -2.88. The number of rotatable bonds is 7. The fourth-order valence-corrected chi connectivity index (χ4v) is 6.29. The van der Waals surface area contributed by atoms with Crippen molar-refractivity contribution < 1.29 is 18.8 Å². The van der Waals surface area contributed by atoms with E-state index in [1.54, 1.807) is 11.0 Å². The first-order chi connectivity index (χ1) is 16.9. The van der Waals surface area contributed by atoms with Crippen molar-refractivity contribution in [2.24, 2.45) is 0 Å². The van der Waals surface area contributed by atoms with E-state index in [4.69, 9.17) is 9.52 Å². The number of hydrogen-bond acceptors (Lipinski definition) is 6. The number of para-hydroxylation sites is 1. The number of H-pyrrole nitrogens is 1. The standard InChI is InChI=1S/C26H32N4O4S/c27-35(33,15-3-6-26(32)29-11-13-34-14-12-29)21-7-8-25(30-10-9-20(31)18-30)22(17-21)24-16-19-4-1-2-5-23(19)28-24/h1-2,4-5,7-8,16-17,20,27-28,31H,3,6,9-15,18H2/t20-,35?/m0/s1. The van der Waals surface area contributed by atoms with Gasteiger partial charge in [-0.15, -0.1) is 0 Å². The number of β-amino-alcohol motifs (C(OH)–C–C–N with tert-alkyl or cyclic N) is 1. The van der Waals surface area contributed by atoms with Crippen LogP contribution in [0.15, 0.2) is 53.4 Å². The Kier molecular flexibility index (Phi) is 6.82. The molecule has 2 aromatic carbocycles. The van der Waals surface area contributed by atoms with Crippen LogP contribution in [0.2, 0.25) is 0 Å². The number of hydrogen-bond donors (Lipinski definition) is 3. The third kappa shape index (κ3) is 5.22. The van der Waals surface area contributed by atoms with Crippen LogP contribution < -0.4 is 4.90 Å². The number of amides is 1. The van der Waals surface area contributed by atoms with Gasteiger partial charge in [0.1, 0.15) is 0 Å². The molecule has 2 aliphatic heterocycles. The van der Waals surface area contributed by atoms with Crippen LogP contribution in [-0.4, -0.2) is 76.4 Å². The highest BCUT2D eigenvalue weighted by Crippen LogP contribution is 2.36. The molecule has 35 heavy (non-hydrogen) atoms. The molecule has 186 valence electrons. The molecule has 2 fully saturated rings. The molecule has 2 saturated heterocycles. The van der Waals surface area contributed by atoms with E-state index in [1.165, 1.54) is 0 Å². The van der Waals surface area contributed by atoms with E-state index < -0.39 is 9.73 Å². The normalized spacial score (nSPS) is 20.3. The summed E-state index contributed by atoms with van der Waals surface area (Å²) in [5, 5.41) is 11.2. The molecule has 5 rings (SSSR count). The Labute approximate surface area is 205 Å². The number of anilines is 1. The molecule has 3 aromatic rings. The summed E-state index contributed by atoms with van der Waals surface area (Å²) in [5.41, 5.74) is 3.72. The number of aliphatic hydroxyl groups excluding tert-OH is 1. The Bertz CT molecular complexity index is 1280. The number of benzene rings is 2. The number of nitrogens with zero attached hydrogens (tertiary/aromatic N) is 2. The molecule has 1 aromatic heterocycles. The van der Waals surface area contributed by atoms with Gasteiger partial charge in [-0.25, -0.2) is 8.99 Å². The average molecular weight is 497 g/mol. The fraction of sp³-hybridized carbons (Fsp3) is 0.423. The number of carbonyl (C=O) groups excluding carboxylic acids is 1. The van der Waals surface area contributed by atoms with E-state index in [0.717, 1.165) is 34.4 Å². The van der Waals surface area contributed by atoms with E-state index >= 15 is 0 Å². The van der Waals surface area contributed by atoms with E-state index in [0.29, 0.717) is 50.6 Å². The molecule has 1 unspecified atom stereocenters. The van der Waals surface area contributed by atoms with Crippen molar-refractivity contribution in [2.45, 2.75) is 30.3 Å². The van der Waals surface area contributed by atoms with E-state index in [2.05, 4.69) is 16.0 Å². The van der Waals surface area contributed by atoms with Gasteiger partial charge in [0.2, 0.25) is 5.91 Å². The van der Waals surface area contributed by atoms with Gasteiger partial charge >= 0.3 is 0 Å². The van der Waals surface area contributed by atoms with Gasteiger partial charge < -0.3 is 24.6 Å². The quantitative estimate of drug-likeness (QED) is 0.464. The van der Waals surface area contributed by atoms with Gasteiger partial charge in [0.15, 0.2) is 0 Å². The molecule has 2 aliphatic rings. The molecule has 2 atom stereocenters. The predicted molar refractivity (Wildman–Crippen MR) is 137 cm³/mol. The van der Waals surface area contributed by atoms with Crippen LogP contribution >= 0.6 is 0 Å². The zero-order chi connectivity index (χ0) is 24.4. The topological polar surface area (TPSA) is 110 Å². The maximum atomic E-state index is 13.4. The lowest BCUT2D eigenvalue weighted by atomic mass is 10.1. The van der Waals surface area contributed by atoms with E-state index in [9.17, 15) is 14.1 Å². The maximum Gasteiger partial charge on any atom is 0.222 e. The summed E-state index contributed by atoms with van der Waals surface area (Å²) in [4.78, 5) is 20.3. The third-order valence-corrected chi connectivity index (χ3v) is 8.74. The van der Waals surface area contributed by atoms with Gasteiger partial charge in [-0.05, 0) is 43.2 Å². The molecule has 0 radical (unpaired) electrons. The molecule has 0 aliphatic carbocycles. The highest BCUT2D eigenvalue weighted by molar-refractivity contribution is 7.92. The first-order valence-electron chi connectivity index (χ1n) is 12.2. The van der Waals surface area contributed by atoms with Crippen LogP contribution in [0.4, 0.5) is 5.69 Å². The number of morpholine rings is 1. The summed E-state index contributed by atoms with van der Waals surface area (Å²) in [6, 6.07) is 15.6. The van der Waals surface area contributed by atoms with Crippen molar-refractivity contribution in [3.63, 3.8) is 0 Å². The Morgan fingerprint density at radius 1 is 1.14 bits per heavy atom. The van der Waals surface area contributed by atoms with Gasteiger partial charge in [0.25, 0.3) is 0 Å². The Morgan fingerprint density at radius 3 is 2.69 bits per heavy atom. The number of aromatic nitrogens is 1. The van der Waals surface area contributed by atoms with Gasteiger partial charge in [-0.2, -0.15) is 0 Å². The molecule has 9 heteroatoms. The summed E-state index contributed by atoms with van der Waals surface area (Å²) < 4.78 is 27.4. The highest BCUT2D eigenvalue weighted by atomic mass is 32.2. The SMILES string of the molecule is N=S(=O)(CCCC(=O)N1CCOCC1)c1ccc(N2CC[C@H](O)C2)c(-c2cc3ccccc3[nH]2)c1. The van der Waals surface area contributed by atoms with Gasteiger partial charge in [0.05, 0.1) is 29.0 Å². The van der Waals surface area contributed by atoms with Crippen LogP contribution in [0.25, 0.3) is 22.2 Å². The molecule has 1 amide bonds. The summed E-state index contributed by atoms with van der Waals surface area (Å²) in [5.74, 6) is 0.169. The molecule has 0 spiro atoms. The largest absolute Gasteiger partial charge is 0.391 e. The second-order valence-electron chi connectivity index (χ2n) is 9.31. The van der Waals surface area contributed by atoms with Crippen molar-refractivity contribution in [3.05, 3.63) is 48.5 Å². The average Bonchev–Trinajstić information content (AvgIpc) is 3.50. The number of aromatic amines is 1. The van der Waals surface area contributed by atoms with Crippen molar-refractivity contribution >= 4 is 32.2 Å². The van der Waals surface area contributed by atoms with E-state index in [1.807, 2.05) is 36.4 Å². The lowest BCUT2D eigenvalue weighted by Crippen LogP contribution is -2.40.